The molecule has 0 bridgehead atoms. The quantitative estimate of drug-likeness (QED) is 0.447. The lowest BCUT2D eigenvalue weighted by molar-refractivity contribution is -0.156. The van der Waals surface area contributed by atoms with Gasteiger partial charge in [0.2, 0.25) is 0 Å². The minimum Gasteiger partial charge on any atom is -0.459 e. The SMILES string of the molecule is C=C1C(C)CC2[C@](C)(CO)C(O)CC[C@]2(C)C1C/C=C1/C(=O)OCC1OC. The highest BCUT2D eigenvalue weighted by Crippen LogP contribution is 2.62. The van der Waals surface area contributed by atoms with Crippen LogP contribution in [0.4, 0.5) is 0 Å². The summed E-state index contributed by atoms with van der Waals surface area (Å²) in [5, 5.41) is 20.8. The predicted molar refractivity (Wildman–Crippen MR) is 103 cm³/mol. The van der Waals surface area contributed by atoms with Crippen LogP contribution < -0.4 is 0 Å². The van der Waals surface area contributed by atoms with E-state index in [1.165, 1.54) is 5.57 Å². The largest absolute Gasteiger partial charge is 0.459 e. The van der Waals surface area contributed by atoms with Crippen molar-refractivity contribution >= 4 is 5.97 Å². The summed E-state index contributed by atoms with van der Waals surface area (Å²) >= 11 is 0. The summed E-state index contributed by atoms with van der Waals surface area (Å²) in [6.07, 6.45) is 4.40. The third kappa shape index (κ3) is 3.18. The molecule has 0 aromatic heterocycles. The van der Waals surface area contributed by atoms with Crippen LogP contribution in [0.2, 0.25) is 0 Å². The van der Waals surface area contributed by atoms with Gasteiger partial charge in [-0.05, 0) is 48.9 Å². The highest BCUT2D eigenvalue weighted by Gasteiger charge is 2.58. The molecule has 0 aromatic carbocycles. The Morgan fingerprint density at radius 2 is 2.11 bits per heavy atom. The van der Waals surface area contributed by atoms with Crippen molar-refractivity contribution in [3.05, 3.63) is 23.8 Å². The molecule has 0 aromatic rings. The van der Waals surface area contributed by atoms with Crippen LogP contribution in [0.15, 0.2) is 23.8 Å². The number of carbonyl (C=O) groups excluding carboxylic acids is 1. The molecule has 2 saturated carbocycles. The van der Waals surface area contributed by atoms with E-state index in [2.05, 4.69) is 20.4 Å². The zero-order valence-corrected chi connectivity index (χ0v) is 17.0. The molecule has 3 rings (SSSR count). The molecule has 5 nitrogen and oxygen atoms in total. The van der Waals surface area contributed by atoms with Crippen molar-refractivity contribution in [3.63, 3.8) is 0 Å². The van der Waals surface area contributed by atoms with Crippen molar-refractivity contribution in [1.29, 1.82) is 0 Å². The van der Waals surface area contributed by atoms with E-state index in [4.69, 9.17) is 9.47 Å². The van der Waals surface area contributed by atoms with Crippen LogP contribution in [0.3, 0.4) is 0 Å². The molecule has 1 aliphatic heterocycles. The summed E-state index contributed by atoms with van der Waals surface area (Å²) in [5.74, 6) is 0.424. The maximum absolute atomic E-state index is 12.1. The molecular formula is C22H34O5. The highest BCUT2D eigenvalue weighted by molar-refractivity contribution is 5.91. The van der Waals surface area contributed by atoms with E-state index in [1.807, 2.05) is 13.0 Å². The molecule has 1 saturated heterocycles. The van der Waals surface area contributed by atoms with Gasteiger partial charge >= 0.3 is 5.97 Å². The molecule has 7 atom stereocenters. The second-order valence-electron chi connectivity index (χ2n) is 9.26. The van der Waals surface area contributed by atoms with Crippen molar-refractivity contribution in [3.8, 4) is 0 Å². The number of methoxy groups -OCH3 is 1. The molecule has 27 heavy (non-hydrogen) atoms. The van der Waals surface area contributed by atoms with E-state index >= 15 is 0 Å². The third-order valence-corrected chi connectivity index (χ3v) is 7.92. The molecule has 152 valence electrons. The van der Waals surface area contributed by atoms with Crippen LogP contribution >= 0.6 is 0 Å². The van der Waals surface area contributed by atoms with Crippen molar-refractivity contribution in [2.75, 3.05) is 20.3 Å². The molecule has 0 radical (unpaired) electrons. The number of aliphatic hydroxyl groups is 2. The van der Waals surface area contributed by atoms with Gasteiger partial charge in [-0.25, -0.2) is 4.79 Å². The number of allylic oxidation sites excluding steroid dienone is 2. The number of hydrogen-bond donors (Lipinski definition) is 2. The number of esters is 1. The number of rotatable bonds is 4. The van der Waals surface area contributed by atoms with Crippen molar-refractivity contribution in [2.24, 2.45) is 28.6 Å². The molecule has 2 N–H and O–H groups in total. The Labute approximate surface area is 162 Å². The summed E-state index contributed by atoms with van der Waals surface area (Å²) in [4.78, 5) is 12.1. The van der Waals surface area contributed by atoms with Crippen LogP contribution in [-0.4, -0.2) is 48.7 Å². The summed E-state index contributed by atoms with van der Waals surface area (Å²) < 4.78 is 10.5. The van der Waals surface area contributed by atoms with Crippen LogP contribution in [0.25, 0.3) is 0 Å². The molecule has 0 spiro atoms. The average molecular weight is 379 g/mol. The van der Waals surface area contributed by atoms with Crippen LogP contribution in [0.1, 0.15) is 46.5 Å². The van der Waals surface area contributed by atoms with Gasteiger partial charge in [-0.1, -0.05) is 39.0 Å². The van der Waals surface area contributed by atoms with E-state index in [9.17, 15) is 15.0 Å². The second-order valence-corrected chi connectivity index (χ2v) is 9.26. The van der Waals surface area contributed by atoms with Gasteiger partial charge < -0.3 is 19.7 Å². The second kappa shape index (κ2) is 7.34. The highest BCUT2D eigenvalue weighted by atomic mass is 16.6. The van der Waals surface area contributed by atoms with Crippen molar-refractivity contribution < 1.29 is 24.5 Å². The summed E-state index contributed by atoms with van der Waals surface area (Å²) in [6, 6.07) is 0. The molecule has 2 aliphatic carbocycles. The Bertz CT molecular complexity index is 641. The lowest BCUT2D eigenvalue weighted by atomic mass is 9.44. The first-order valence-electron chi connectivity index (χ1n) is 10.1. The summed E-state index contributed by atoms with van der Waals surface area (Å²) in [6.45, 7) is 11.1. The molecule has 0 amide bonds. The first kappa shape index (κ1) is 20.6. The predicted octanol–water partition coefficient (Wildman–Crippen LogP) is 2.86. The Morgan fingerprint density at radius 1 is 1.41 bits per heavy atom. The molecule has 3 aliphatic rings. The number of ether oxygens (including phenoxy) is 2. The van der Waals surface area contributed by atoms with Crippen LogP contribution in [-0.2, 0) is 14.3 Å². The number of cyclic esters (lactones) is 1. The minimum absolute atomic E-state index is 0.0144. The average Bonchev–Trinajstić information content (AvgIpc) is 3.01. The third-order valence-electron chi connectivity index (χ3n) is 7.92. The monoisotopic (exact) mass is 378 g/mol. The summed E-state index contributed by atoms with van der Waals surface area (Å²) in [5.41, 5.74) is 1.24. The normalized spacial score (nSPS) is 46.4. The van der Waals surface area contributed by atoms with Gasteiger partial charge in [-0.3, -0.25) is 0 Å². The van der Waals surface area contributed by atoms with Gasteiger partial charge in [0, 0.05) is 12.5 Å². The van der Waals surface area contributed by atoms with Crippen molar-refractivity contribution in [1.82, 2.24) is 0 Å². The van der Waals surface area contributed by atoms with Crippen molar-refractivity contribution in [2.45, 2.75) is 58.7 Å². The maximum atomic E-state index is 12.1. The molecule has 1 heterocycles. The maximum Gasteiger partial charge on any atom is 0.336 e. The number of carbonyl (C=O) groups is 1. The van der Waals surface area contributed by atoms with E-state index in [-0.39, 0.29) is 42.5 Å². The number of aliphatic hydroxyl groups excluding tert-OH is 2. The van der Waals surface area contributed by atoms with Gasteiger partial charge in [0.1, 0.15) is 12.7 Å². The van der Waals surface area contributed by atoms with Gasteiger partial charge in [0.25, 0.3) is 0 Å². The molecule has 5 heteroatoms. The fourth-order valence-corrected chi connectivity index (χ4v) is 5.91. The smallest absolute Gasteiger partial charge is 0.336 e. The standard InChI is InChI=1S/C22H34O5/c1-13-10-18-21(3,9-8-19(24)22(18,4)12-23)16(14(13)2)7-6-15-17(26-5)11-27-20(15)25/h6,13,16-19,23-24H,2,7-12H2,1,3-5H3/b15-6+/t13?,16?,17?,18?,19?,21-,22+/m1/s1. The van der Waals surface area contributed by atoms with E-state index in [1.54, 1.807) is 7.11 Å². The number of fused-ring (bicyclic) bond motifs is 1. The molecule has 3 fully saturated rings. The first-order valence-corrected chi connectivity index (χ1v) is 10.1. The lowest BCUT2D eigenvalue weighted by Gasteiger charge is -2.61. The lowest BCUT2D eigenvalue weighted by Crippen LogP contribution is -2.58. The zero-order valence-electron chi connectivity index (χ0n) is 17.0. The van der Waals surface area contributed by atoms with E-state index in [0.29, 0.717) is 24.3 Å². The van der Waals surface area contributed by atoms with Gasteiger partial charge in [0.05, 0.1) is 18.3 Å². The van der Waals surface area contributed by atoms with Gasteiger partial charge in [-0.15, -0.1) is 0 Å². The minimum atomic E-state index is -0.505. The first-order chi connectivity index (χ1) is 12.7. The number of hydrogen-bond acceptors (Lipinski definition) is 5. The van der Waals surface area contributed by atoms with E-state index < -0.39 is 11.5 Å². The fraction of sp³-hybridized carbons (Fsp3) is 0.773. The summed E-state index contributed by atoms with van der Waals surface area (Å²) in [7, 11) is 1.59. The Kier molecular flexibility index (Phi) is 5.59. The van der Waals surface area contributed by atoms with Gasteiger partial charge in [0.15, 0.2) is 0 Å². The molecule has 5 unspecified atom stereocenters. The Balaban J connectivity index is 1.93. The van der Waals surface area contributed by atoms with Crippen LogP contribution in [0, 0.1) is 28.6 Å². The van der Waals surface area contributed by atoms with E-state index in [0.717, 1.165) is 12.8 Å². The van der Waals surface area contributed by atoms with Gasteiger partial charge in [-0.2, -0.15) is 0 Å². The zero-order chi connectivity index (χ0) is 20.0. The Hall–Kier alpha value is -1.17. The van der Waals surface area contributed by atoms with Crippen LogP contribution in [0.5, 0.6) is 0 Å². The fourth-order valence-electron chi connectivity index (χ4n) is 5.91. The Morgan fingerprint density at radius 3 is 2.74 bits per heavy atom. The topological polar surface area (TPSA) is 76.0 Å². The molecular weight excluding hydrogens is 344 g/mol.